The first-order valence-corrected chi connectivity index (χ1v) is 18.6. The summed E-state index contributed by atoms with van der Waals surface area (Å²) in [6.45, 7) is 13.7. The highest BCUT2D eigenvalue weighted by Crippen LogP contribution is 2.71. The molecule has 0 aromatic heterocycles. The highest BCUT2D eigenvalue weighted by molar-refractivity contribution is 5.96. The second-order valence-corrected chi connectivity index (χ2v) is 17.4. The molecule has 44 heavy (non-hydrogen) atoms. The van der Waals surface area contributed by atoms with Crippen LogP contribution in [0.5, 0.6) is 0 Å². The third-order valence-electron chi connectivity index (χ3n) is 15.0. The summed E-state index contributed by atoms with van der Waals surface area (Å²) < 4.78 is 13.5. The Bertz CT molecular complexity index is 1080. The molecule has 0 aromatic rings. The second kappa shape index (κ2) is 11.8. The topological polar surface area (TPSA) is 79.9 Å². The fourth-order valence-electron chi connectivity index (χ4n) is 12.4. The maximum Gasteiger partial charge on any atom is 0.229 e. The van der Waals surface area contributed by atoms with Gasteiger partial charge in [0.1, 0.15) is 6.42 Å². The minimum Gasteiger partial charge on any atom is -0.355 e. The number of carbonyl (C=O) groups is 2. The molecule has 7 fully saturated rings. The minimum atomic E-state index is -0.327. The highest BCUT2D eigenvalue weighted by Gasteiger charge is 2.69. The van der Waals surface area contributed by atoms with Gasteiger partial charge in [-0.2, -0.15) is 0 Å². The molecular weight excluding hydrogens is 550 g/mol. The molecule has 4 saturated carbocycles. The fourth-order valence-corrected chi connectivity index (χ4v) is 12.4. The third-order valence-corrected chi connectivity index (χ3v) is 15.0. The number of rotatable bonds is 5. The van der Waals surface area contributed by atoms with Gasteiger partial charge < -0.3 is 25.0 Å². The first-order chi connectivity index (χ1) is 21.0. The van der Waals surface area contributed by atoms with Gasteiger partial charge in [0, 0.05) is 24.9 Å². The molecule has 2 amide bonds. The molecule has 0 bridgehead atoms. The Kier molecular flexibility index (Phi) is 8.43. The average Bonchev–Trinajstić information content (AvgIpc) is 3.44. The van der Waals surface area contributed by atoms with Crippen molar-refractivity contribution in [2.24, 2.45) is 58.2 Å². The summed E-state index contributed by atoms with van der Waals surface area (Å²) in [4.78, 5) is 27.8. The lowest BCUT2D eigenvalue weighted by Gasteiger charge is -2.61. The van der Waals surface area contributed by atoms with Crippen LogP contribution in [0.25, 0.3) is 0 Å². The minimum absolute atomic E-state index is 0.0375. The molecular formula is C37H61N3O4. The van der Waals surface area contributed by atoms with E-state index in [0.29, 0.717) is 53.1 Å². The molecule has 7 nitrogen and oxygen atoms in total. The van der Waals surface area contributed by atoms with Crippen LogP contribution < -0.4 is 10.6 Å². The van der Waals surface area contributed by atoms with E-state index in [1.165, 1.54) is 44.9 Å². The molecule has 0 aromatic carbocycles. The van der Waals surface area contributed by atoms with Gasteiger partial charge in [-0.3, -0.25) is 9.59 Å². The predicted octanol–water partition coefficient (Wildman–Crippen LogP) is 5.77. The first-order valence-electron chi connectivity index (χ1n) is 18.6. The Labute approximate surface area is 266 Å². The molecule has 1 spiro atoms. The van der Waals surface area contributed by atoms with Crippen LogP contribution in [0, 0.1) is 58.2 Å². The van der Waals surface area contributed by atoms with E-state index in [0.717, 1.165) is 69.6 Å². The van der Waals surface area contributed by atoms with Crippen molar-refractivity contribution in [3.63, 3.8) is 0 Å². The molecule has 7 rings (SSSR count). The molecule has 7 heteroatoms. The van der Waals surface area contributed by atoms with Crippen molar-refractivity contribution < 1.29 is 19.1 Å². The van der Waals surface area contributed by atoms with E-state index in [2.05, 4.69) is 50.3 Å². The Hall–Kier alpha value is -1.18. The molecule has 0 radical (unpaired) electrons. The standard InChI is InChI=1S/C37H61N3O4/c1-23-8-15-37(43-22-23)24(2)34-31(44-37)19-30-28-7-6-26-18-27(9-13-35(26,3)29(28)10-14-36(30,34)4)39-33(42)20-32(41)38-21-25-11-16-40(5)17-12-25/h23-31,34H,6-22H2,1-5H3,(H,38,41)(H,39,42)/t23-,24-,26+,27?,28+,29-,30-,31-,34-,35-,36-,37+/m0/s1. The van der Waals surface area contributed by atoms with Crippen molar-refractivity contribution >= 4 is 11.8 Å². The largest absolute Gasteiger partial charge is 0.355 e. The molecule has 2 N–H and O–H groups in total. The number of hydrogen-bond donors (Lipinski definition) is 2. The van der Waals surface area contributed by atoms with Crippen molar-refractivity contribution in [3.8, 4) is 0 Å². The van der Waals surface area contributed by atoms with Gasteiger partial charge in [-0.05, 0) is 143 Å². The van der Waals surface area contributed by atoms with Gasteiger partial charge in [-0.25, -0.2) is 0 Å². The van der Waals surface area contributed by atoms with Crippen LogP contribution >= 0.6 is 0 Å². The molecule has 3 heterocycles. The van der Waals surface area contributed by atoms with Gasteiger partial charge in [-0.1, -0.05) is 27.7 Å². The molecule has 7 aliphatic rings. The van der Waals surface area contributed by atoms with Crippen LogP contribution in [0.15, 0.2) is 0 Å². The number of hydrogen-bond acceptors (Lipinski definition) is 5. The summed E-state index contributed by atoms with van der Waals surface area (Å²) in [5, 5.41) is 6.33. The number of ether oxygens (including phenoxy) is 2. The van der Waals surface area contributed by atoms with Crippen LogP contribution in [0.4, 0.5) is 0 Å². The lowest BCUT2D eigenvalue weighted by molar-refractivity contribution is -0.273. The van der Waals surface area contributed by atoms with Crippen LogP contribution in [-0.2, 0) is 19.1 Å². The Balaban J connectivity index is 0.927. The van der Waals surface area contributed by atoms with Crippen LogP contribution in [0.2, 0.25) is 0 Å². The Morgan fingerprint density at radius 3 is 2.39 bits per heavy atom. The number of fused-ring (bicyclic) bond motifs is 7. The molecule has 4 aliphatic carbocycles. The van der Waals surface area contributed by atoms with Gasteiger partial charge >= 0.3 is 0 Å². The lowest BCUT2D eigenvalue weighted by Crippen LogP contribution is -2.56. The van der Waals surface area contributed by atoms with E-state index >= 15 is 0 Å². The fraction of sp³-hybridized carbons (Fsp3) is 0.946. The van der Waals surface area contributed by atoms with Crippen molar-refractivity contribution in [1.82, 2.24) is 15.5 Å². The van der Waals surface area contributed by atoms with Crippen LogP contribution in [-0.4, -0.2) is 67.9 Å². The van der Waals surface area contributed by atoms with E-state index in [1.54, 1.807) is 0 Å². The summed E-state index contributed by atoms with van der Waals surface area (Å²) in [5.74, 6) is 4.77. The van der Waals surface area contributed by atoms with Gasteiger partial charge in [0.15, 0.2) is 5.79 Å². The average molecular weight is 612 g/mol. The van der Waals surface area contributed by atoms with E-state index < -0.39 is 0 Å². The van der Waals surface area contributed by atoms with Crippen LogP contribution in [0.3, 0.4) is 0 Å². The monoisotopic (exact) mass is 611 g/mol. The number of carbonyl (C=O) groups excluding carboxylic acids is 2. The van der Waals surface area contributed by atoms with E-state index in [9.17, 15) is 9.59 Å². The SMILES string of the molecule is C[C@H]1CC[C@@]2(OC1)O[C@H]1C[C@H]3[C@@H]4CC[C@@H]5CC(NC(=O)CC(=O)NCC6CCN(C)CC6)CC[C@]5(C)[C@H]4CC[C@]3(C)[C@H]1[C@@H]2C. The number of nitrogens with one attached hydrogen (secondary N) is 2. The summed E-state index contributed by atoms with van der Waals surface area (Å²) >= 11 is 0. The zero-order chi connectivity index (χ0) is 30.9. The van der Waals surface area contributed by atoms with Gasteiger partial charge in [0.25, 0.3) is 0 Å². The van der Waals surface area contributed by atoms with Crippen molar-refractivity contribution in [2.45, 2.75) is 129 Å². The molecule has 248 valence electrons. The summed E-state index contributed by atoms with van der Waals surface area (Å²) in [5.41, 5.74) is 0.731. The van der Waals surface area contributed by atoms with E-state index in [1.807, 2.05) is 0 Å². The quantitative estimate of drug-likeness (QED) is 0.386. The van der Waals surface area contributed by atoms with Gasteiger partial charge in [0.2, 0.25) is 11.8 Å². The lowest BCUT2D eigenvalue weighted by atomic mass is 9.44. The third kappa shape index (κ3) is 5.37. The summed E-state index contributed by atoms with van der Waals surface area (Å²) in [6, 6.07) is 0.210. The molecule has 1 unspecified atom stereocenters. The maximum absolute atomic E-state index is 12.9. The van der Waals surface area contributed by atoms with Crippen molar-refractivity contribution in [3.05, 3.63) is 0 Å². The highest BCUT2D eigenvalue weighted by atomic mass is 16.7. The normalized spacial score (nSPS) is 49.1. The number of piperidine rings is 1. The number of likely N-dealkylation sites (tertiary alicyclic amines) is 1. The molecule has 3 saturated heterocycles. The first kappa shape index (κ1) is 31.4. The van der Waals surface area contributed by atoms with Crippen molar-refractivity contribution in [2.75, 3.05) is 33.3 Å². The Morgan fingerprint density at radius 2 is 1.64 bits per heavy atom. The van der Waals surface area contributed by atoms with E-state index in [4.69, 9.17) is 9.47 Å². The van der Waals surface area contributed by atoms with E-state index in [-0.39, 0.29) is 30.1 Å². The number of nitrogens with zero attached hydrogens (tertiary/aromatic N) is 1. The predicted molar refractivity (Wildman–Crippen MR) is 171 cm³/mol. The smallest absolute Gasteiger partial charge is 0.229 e. The summed E-state index contributed by atoms with van der Waals surface area (Å²) in [7, 11) is 2.15. The zero-order valence-electron chi connectivity index (χ0n) is 28.4. The summed E-state index contributed by atoms with van der Waals surface area (Å²) in [6.07, 6.45) is 14.7. The molecule has 3 aliphatic heterocycles. The zero-order valence-corrected chi connectivity index (χ0v) is 28.4. The van der Waals surface area contributed by atoms with Gasteiger partial charge in [-0.15, -0.1) is 0 Å². The van der Waals surface area contributed by atoms with Crippen molar-refractivity contribution in [1.29, 1.82) is 0 Å². The maximum atomic E-state index is 12.9. The second-order valence-electron chi connectivity index (χ2n) is 17.4. The molecule has 12 atom stereocenters. The van der Waals surface area contributed by atoms with Gasteiger partial charge in [0.05, 0.1) is 12.7 Å². The number of amides is 2. The Morgan fingerprint density at radius 1 is 0.864 bits per heavy atom. The van der Waals surface area contributed by atoms with Crippen LogP contribution in [0.1, 0.15) is 111 Å².